The van der Waals surface area contributed by atoms with Crippen molar-refractivity contribution >= 4 is 28.7 Å². The molecule has 4 saturated carbocycles. The van der Waals surface area contributed by atoms with Gasteiger partial charge in [0, 0.05) is 16.7 Å². The number of hydrogen-bond donors (Lipinski definition) is 0. The van der Waals surface area contributed by atoms with Crippen LogP contribution in [-0.2, 0) is 5.41 Å². The lowest BCUT2D eigenvalue weighted by atomic mass is 9.43. The van der Waals surface area contributed by atoms with Crippen molar-refractivity contribution in [2.24, 2.45) is 23.7 Å². The lowest BCUT2D eigenvalue weighted by Gasteiger charge is -2.61. The summed E-state index contributed by atoms with van der Waals surface area (Å²) in [6, 6.07) is 53.4. The Balaban J connectivity index is 1.20. The van der Waals surface area contributed by atoms with Gasteiger partial charge in [-0.05, 0) is 125 Å². The highest BCUT2D eigenvalue weighted by Crippen LogP contribution is 2.70. The minimum absolute atomic E-state index is 0.0699. The van der Waals surface area contributed by atoms with Crippen LogP contribution in [0.2, 0.25) is 5.02 Å². The van der Waals surface area contributed by atoms with Gasteiger partial charge in [0.2, 0.25) is 0 Å². The molecule has 0 unspecified atom stereocenters. The van der Waals surface area contributed by atoms with E-state index in [1.54, 1.807) is 5.56 Å². The van der Waals surface area contributed by atoms with E-state index in [2.05, 4.69) is 150 Å². The lowest BCUT2D eigenvalue weighted by Crippen LogP contribution is -2.55. The summed E-state index contributed by atoms with van der Waals surface area (Å²) in [5.74, 6) is 3.19. The zero-order valence-electron chi connectivity index (χ0n) is 27.0. The Morgan fingerprint density at radius 1 is 0.458 bits per heavy atom. The van der Waals surface area contributed by atoms with Crippen LogP contribution in [0.1, 0.15) is 43.2 Å². The Kier molecular flexibility index (Phi) is 6.50. The zero-order chi connectivity index (χ0) is 31.8. The Morgan fingerprint density at radius 3 is 1.71 bits per heavy atom. The fourth-order valence-electron chi connectivity index (χ4n) is 10.7. The first-order chi connectivity index (χ1) is 23.7. The van der Waals surface area contributed by atoms with E-state index in [0.717, 1.165) is 33.9 Å². The first-order valence-electron chi connectivity index (χ1n) is 17.7. The number of anilines is 3. The van der Waals surface area contributed by atoms with Gasteiger partial charge in [0.05, 0.1) is 16.4 Å². The van der Waals surface area contributed by atoms with Gasteiger partial charge in [-0.15, -0.1) is 0 Å². The molecule has 6 aromatic rings. The van der Waals surface area contributed by atoms with E-state index in [0.29, 0.717) is 11.8 Å². The lowest BCUT2D eigenvalue weighted by molar-refractivity contribution is -0.0399. The second-order valence-electron chi connectivity index (χ2n) is 14.7. The Labute approximate surface area is 288 Å². The maximum Gasteiger partial charge on any atom is 0.0653 e. The monoisotopic (exact) mass is 639 g/mol. The second kappa shape index (κ2) is 11.0. The van der Waals surface area contributed by atoms with E-state index in [1.165, 1.54) is 71.0 Å². The van der Waals surface area contributed by atoms with Crippen LogP contribution in [0.25, 0.3) is 33.4 Å². The minimum Gasteiger partial charge on any atom is -0.308 e. The van der Waals surface area contributed by atoms with E-state index < -0.39 is 0 Å². The van der Waals surface area contributed by atoms with E-state index in [-0.39, 0.29) is 5.41 Å². The molecular formula is C46H38ClN. The topological polar surface area (TPSA) is 3.24 Å². The first kappa shape index (κ1) is 28.4. The van der Waals surface area contributed by atoms with Crippen molar-refractivity contribution in [2.45, 2.75) is 37.5 Å². The van der Waals surface area contributed by atoms with Crippen LogP contribution >= 0.6 is 11.6 Å². The molecule has 1 spiro atoms. The Bertz CT molecular complexity index is 2120. The van der Waals surface area contributed by atoms with Gasteiger partial charge >= 0.3 is 0 Å². The molecule has 6 aromatic carbocycles. The highest BCUT2D eigenvalue weighted by molar-refractivity contribution is 6.34. The van der Waals surface area contributed by atoms with Crippen LogP contribution in [0, 0.1) is 23.7 Å². The van der Waals surface area contributed by atoms with Gasteiger partial charge < -0.3 is 4.90 Å². The van der Waals surface area contributed by atoms with Crippen molar-refractivity contribution in [3.8, 4) is 33.4 Å². The molecule has 11 rings (SSSR count). The van der Waals surface area contributed by atoms with Crippen LogP contribution < -0.4 is 4.90 Å². The summed E-state index contributed by atoms with van der Waals surface area (Å²) in [5.41, 5.74) is 14.0. The van der Waals surface area contributed by atoms with Crippen molar-refractivity contribution in [3.63, 3.8) is 0 Å². The van der Waals surface area contributed by atoms with Crippen LogP contribution in [0.15, 0.2) is 146 Å². The standard InChI is InChI=1S/C46H38ClN/c47-43-28-40-39-16-7-9-17-41(39)46(35-24-30-23-31(26-35)27-36(46)25-30)42(40)29-45(43)48(37-21-19-33(20-22-37)32-11-3-1-4-12-32)44-18-10-8-15-38(44)34-13-5-2-6-14-34/h1-22,28-31,35-36H,23-27H2. The molecule has 5 aliphatic carbocycles. The number of para-hydroxylation sites is 1. The van der Waals surface area contributed by atoms with Gasteiger partial charge in [0.1, 0.15) is 0 Å². The molecule has 0 aliphatic heterocycles. The average Bonchev–Trinajstić information content (AvgIpc) is 3.41. The van der Waals surface area contributed by atoms with E-state index in [9.17, 15) is 0 Å². The van der Waals surface area contributed by atoms with Crippen LogP contribution in [-0.4, -0.2) is 0 Å². The molecule has 4 bridgehead atoms. The van der Waals surface area contributed by atoms with Crippen molar-refractivity contribution in [2.75, 3.05) is 4.90 Å². The summed E-state index contributed by atoms with van der Waals surface area (Å²) in [6.45, 7) is 0. The van der Waals surface area contributed by atoms with Crippen molar-refractivity contribution in [3.05, 3.63) is 162 Å². The Hall–Kier alpha value is -4.59. The van der Waals surface area contributed by atoms with Crippen molar-refractivity contribution in [1.82, 2.24) is 0 Å². The molecule has 0 heterocycles. The summed E-state index contributed by atoms with van der Waals surface area (Å²) in [5, 5.41) is 0.791. The third kappa shape index (κ3) is 4.17. The van der Waals surface area contributed by atoms with Crippen LogP contribution in [0.5, 0.6) is 0 Å². The summed E-state index contributed by atoms with van der Waals surface area (Å²) in [7, 11) is 0. The maximum atomic E-state index is 7.53. The summed E-state index contributed by atoms with van der Waals surface area (Å²) >= 11 is 7.53. The quantitative estimate of drug-likeness (QED) is 0.181. The number of benzene rings is 6. The summed E-state index contributed by atoms with van der Waals surface area (Å²) in [4.78, 5) is 2.42. The Morgan fingerprint density at radius 2 is 1.02 bits per heavy atom. The molecular weight excluding hydrogens is 602 g/mol. The number of fused-ring (bicyclic) bond motifs is 3. The molecule has 0 atom stereocenters. The number of halogens is 1. The predicted octanol–water partition coefficient (Wildman–Crippen LogP) is 12.9. The van der Waals surface area contributed by atoms with Crippen molar-refractivity contribution < 1.29 is 0 Å². The van der Waals surface area contributed by atoms with Gasteiger partial charge in [-0.25, -0.2) is 0 Å². The molecule has 4 fully saturated rings. The SMILES string of the molecule is Clc1cc2c(cc1N(c1ccc(-c3ccccc3)cc1)c1ccccc1-c1ccccc1)C1(c3ccccc3-2)C2CC3CC(C2)CC1C3. The van der Waals surface area contributed by atoms with Gasteiger partial charge in [0.25, 0.3) is 0 Å². The number of nitrogens with zero attached hydrogens (tertiary/aromatic N) is 1. The second-order valence-corrected chi connectivity index (χ2v) is 15.1. The normalized spacial score (nSPS) is 24.4. The molecule has 2 heteroatoms. The smallest absolute Gasteiger partial charge is 0.0653 e. The van der Waals surface area contributed by atoms with Gasteiger partial charge in [-0.3, -0.25) is 0 Å². The van der Waals surface area contributed by atoms with E-state index in [1.807, 2.05) is 0 Å². The maximum absolute atomic E-state index is 7.53. The molecule has 0 N–H and O–H groups in total. The third-order valence-electron chi connectivity index (χ3n) is 12.3. The minimum atomic E-state index is 0.0699. The molecule has 0 aromatic heterocycles. The first-order valence-corrected chi connectivity index (χ1v) is 18.1. The number of rotatable bonds is 5. The fraction of sp³-hybridized carbons (Fsp3) is 0.217. The van der Waals surface area contributed by atoms with Crippen molar-refractivity contribution in [1.29, 1.82) is 0 Å². The molecule has 48 heavy (non-hydrogen) atoms. The molecule has 0 saturated heterocycles. The average molecular weight is 640 g/mol. The number of hydrogen-bond acceptors (Lipinski definition) is 1. The third-order valence-corrected chi connectivity index (χ3v) is 12.6. The predicted molar refractivity (Wildman–Crippen MR) is 200 cm³/mol. The highest BCUT2D eigenvalue weighted by Gasteiger charge is 2.61. The summed E-state index contributed by atoms with van der Waals surface area (Å²) < 4.78 is 0. The van der Waals surface area contributed by atoms with Crippen LogP contribution in [0.3, 0.4) is 0 Å². The largest absolute Gasteiger partial charge is 0.308 e. The molecule has 1 nitrogen and oxygen atoms in total. The molecule has 0 amide bonds. The van der Waals surface area contributed by atoms with Gasteiger partial charge in [0.15, 0.2) is 0 Å². The van der Waals surface area contributed by atoms with Gasteiger partial charge in [-0.1, -0.05) is 127 Å². The molecule has 0 radical (unpaired) electrons. The fourth-order valence-corrected chi connectivity index (χ4v) is 10.9. The zero-order valence-corrected chi connectivity index (χ0v) is 27.8. The van der Waals surface area contributed by atoms with Gasteiger partial charge in [-0.2, -0.15) is 0 Å². The summed E-state index contributed by atoms with van der Waals surface area (Å²) in [6.07, 6.45) is 6.90. The van der Waals surface area contributed by atoms with Crippen LogP contribution in [0.4, 0.5) is 17.1 Å². The van der Waals surface area contributed by atoms with E-state index >= 15 is 0 Å². The molecule has 234 valence electrons. The highest BCUT2D eigenvalue weighted by atomic mass is 35.5. The molecule has 5 aliphatic rings. The van der Waals surface area contributed by atoms with E-state index in [4.69, 9.17) is 11.6 Å².